The fourth-order valence-corrected chi connectivity index (χ4v) is 2.43. The van der Waals surface area contributed by atoms with Crippen LogP contribution in [0.2, 0.25) is 19.6 Å². The van der Waals surface area contributed by atoms with Gasteiger partial charge in [-0.05, 0) is 12.1 Å². The number of benzene rings is 1. The van der Waals surface area contributed by atoms with Gasteiger partial charge in [0.25, 0.3) is 0 Å². The van der Waals surface area contributed by atoms with Crippen LogP contribution in [0, 0.1) is 0 Å². The van der Waals surface area contributed by atoms with Gasteiger partial charge >= 0.3 is 5.97 Å². The molecule has 0 aliphatic heterocycles. The third kappa shape index (κ3) is 3.75. The maximum atomic E-state index is 10.3. The molecule has 0 unspecified atom stereocenters. The van der Waals surface area contributed by atoms with E-state index in [0.717, 1.165) is 5.69 Å². The quantitative estimate of drug-likeness (QED) is 0.764. The fraction of sp³-hybridized carbons (Fsp3) is 0.364. The van der Waals surface area contributed by atoms with Gasteiger partial charge in [0.2, 0.25) is 0 Å². The molecule has 0 amide bonds. The molecule has 1 rings (SSSR count). The smallest absolute Gasteiger partial charge is 0.322 e. The Hall–Kier alpha value is -1.29. The lowest BCUT2D eigenvalue weighted by Gasteiger charge is -2.16. The van der Waals surface area contributed by atoms with Crippen LogP contribution in [-0.2, 0) is 4.79 Å². The molecular weight excluding hydrogens is 206 g/mol. The van der Waals surface area contributed by atoms with Crippen molar-refractivity contribution in [1.82, 2.24) is 0 Å². The van der Waals surface area contributed by atoms with Gasteiger partial charge in [-0.25, -0.2) is 0 Å². The van der Waals surface area contributed by atoms with Crippen LogP contribution in [0.5, 0.6) is 0 Å². The van der Waals surface area contributed by atoms with E-state index in [-0.39, 0.29) is 6.54 Å². The van der Waals surface area contributed by atoms with E-state index in [1.54, 1.807) is 0 Å². The van der Waals surface area contributed by atoms with Gasteiger partial charge in [0.1, 0.15) is 6.54 Å². The van der Waals surface area contributed by atoms with E-state index in [9.17, 15) is 4.79 Å². The number of aliphatic carboxylic acids is 1. The number of hydrogen-bond acceptors (Lipinski definition) is 2. The van der Waals surface area contributed by atoms with Crippen LogP contribution in [0.4, 0.5) is 5.69 Å². The van der Waals surface area contributed by atoms with Gasteiger partial charge in [0, 0.05) is 5.69 Å². The Kier molecular flexibility index (Phi) is 3.52. The van der Waals surface area contributed by atoms with Crippen molar-refractivity contribution < 1.29 is 9.90 Å². The Morgan fingerprint density at radius 1 is 1.27 bits per heavy atom. The molecule has 0 saturated heterocycles. The lowest BCUT2D eigenvalue weighted by Crippen LogP contribution is -2.37. The van der Waals surface area contributed by atoms with Gasteiger partial charge in [-0.2, -0.15) is 0 Å². The molecule has 0 bridgehead atoms. The SMILES string of the molecule is C[Si](C)(C)c1ccc(NCC(=O)O)cc1. The van der Waals surface area contributed by atoms with Crippen molar-refractivity contribution in [2.24, 2.45) is 0 Å². The summed E-state index contributed by atoms with van der Waals surface area (Å²) in [6.07, 6.45) is 0. The largest absolute Gasteiger partial charge is 0.480 e. The maximum Gasteiger partial charge on any atom is 0.322 e. The van der Waals surface area contributed by atoms with E-state index in [0.29, 0.717) is 0 Å². The molecule has 0 radical (unpaired) electrons. The van der Waals surface area contributed by atoms with Crippen molar-refractivity contribution >= 4 is 24.9 Å². The minimum Gasteiger partial charge on any atom is -0.480 e. The van der Waals surface area contributed by atoms with Gasteiger partial charge in [-0.15, -0.1) is 0 Å². The zero-order chi connectivity index (χ0) is 11.5. The summed E-state index contributed by atoms with van der Waals surface area (Å²) < 4.78 is 0. The van der Waals surface area contributed by atoms with Crippen molar-refractivity contribution in [3.05, 3.63) is 24.3 Å². The van der Waals surface area contributed by atoms with Crippen LogP contribution in [0.15, 0.2) is 24.3 Å². The molecule has 0 saturated carbocycles. The normalized spacial score (nSPS) is 11.1. The van der Waals surface area contributed by atoms with Crippen LogP contribution in [-0.4, -0.2) is 25.7 Å². The first-order valence-electron chi connectivity index (χ1n) is 4.96. The number of carbonyl (C=O) groups is 1. The number of hydrogen-bond donors (Lipinski definition) is 2. The first kappa shape index (κ1) is 11.8. The van der Waals surface area contributed by atoms with Crippen LogP contribution in [0.3, 0.4) is 0 Å². The van der Waals surface area contributed by atoms with Crippen LogP contribution < -0.4 is 10.5 Å². The molecule has 2 N–H and O–H groups in total. The van der Waals surface area contributed by atoms with Crippen molar-refractivity contribution in [3.63, 3.8) is 0 Å². The molecule has 15 heavy (non-hydrogen) atoms. The maximum absolute atomic E-state index is 10.3. The second kappa shape index (κ2) is 4.48. The average molecular weight is 223 g/mol. The molecule has 0 spiro atoms. The molecule has 82 valence electrons. The highest BCUT2D eigenvalue weighted by Crippen LogP contribution is 2.07. The van der Waals surface area contributed by atoms with Gasteiger partial charge < -0.3 is 10.4 Å². The molecule has 0 aliphatic rings. The average Bonchev–Trinajstić information content (AvgIpc) is 2.14. The van der Waals surface area contributed by atoms with E-state index in [2.05, 4.69) is 37.1 Å². The van der Waals surface area contributed by atoms with Crippen molar-refractivity contribution in [3.8, 4) is 0 Å². The first-order valence-corrected chi connectivity index (χ1v) is 8.46. The van der Waals surface area contributed by atoms with Gasteiger partial charge in [-0.3, -0.25) is 4.79 Å². The molecular formula is C11H17NO2Si. The van der Waals surface area contributed by atoms with Crippen molar-refractivity contribution in [2.75, 3.05) is 11.9 Å². The summed E-state index contributed by atoms with van der Waals surface area (Å²) in [4.78, 5) is 10.3. The lowest BCUT2D eigenvalue weighted by molar-refractivity contribution is -0.134. The second-order valence-electron chi connectivity index (χ2n) is 4.57. The third-order valence-corrected chi connectivity index (χ3v) is 4.26. The molecule has 1 aromatic carbocycles. The van der Waals surface area contributed by atoms with Crippen LogP contribution in [0.25, 0.3) is 0 Å². The zero-order valence-corrected chi connectivity index (χ0v) is 10.4. The summed E-state index contributed by atoms with van der Waals surface area (Å²) in [6.45, 7) is 6.82. The van der Waals surface area contributed by atoms with E-state index >= 15 is 0 Å². The summed E-state index contributed by atoms with van der Waals surface area (Å²) in [5.74, 6) is -0.843. The van der Waals surface area contributed by atoms with E-state index < -0.39 is 14.0 Å². The Balaban J connectivity index is 2.69. The molecule has 4 heteroatoms. The minimum absolute atomic E-state index is 0.0354. The summed E-state index contributed by atoms with van der Waals surface area (Å²) >= 11 is 0. The lowest BCUT2D eigenvalue weighted by atomic mass is 10.3. The molecule has 0 fully saturated rings. The summed E-state index contributed by atoms with van der Waals surface area (Å²) in [6, 6.07) is 8.04. The Morgan fingerprint density at radius 3 is 2.20 bits per heavy atom. The Bertz CT molecular complexity index is 341. The monoisotopic (exact) mass is 223 g/mol. The Morgan fingerprint density at radius 2 is 1.80 bits per heavy atom. The van der Waals surface area contributed by atoms with E-state index in [1.165, 1.54) is 5.19 Å². The van der Waals surface area contributed by atoms with E-state index in [1.807, 2.05) is 12.1 Å². The topological polar surface area (TPSA) is 49.3 Å². The molecule has 0 aliphatic carbocycles. The predicted molar refractivity (Wildman–Crippen MR) is 65.5 cm³/mol. The van der Waals surface area contributed by atoms with Crippen LogP contribution >= 0.6 is 0 Å². The highest BCUT2D eigenvalue weighted by atomic mass is 28.3. The summed E-state index contributed by atoms with van der Waals surface area (Å²) in [5.41, 5.74) is 0.861. The van der Waals surface area contributed by atoms with Crippen LogP contribution in [0.1, 0.15) is 0 Å². The molecule has 0 heterocycles. The number of carboxylic acid groups (broad SMARTS) is 1. The number of carboxylic acids is 1. The second-order valence-corrected chi connectivity index (χ2v) is 9.65. The third-order valence-electron chi connectivity index (χ3n) is 2.19. The molecule has 0 aromatic heterocycles. The van der Waals surface area contributed by atoms with E-state index in [4.69, 9.17) is 5.11 Å². The van der Waals surface area contributed by atoms with Crippen molar-refractivity contribution in [1.29, 1.82) is 0 Å². The molecule has 0 atom stereocenters. The first-order chi connectivity index (χ1) is 6.89. The van der Waals surface area contributed by atoms with Gasteiger partial charge in [0.15, 0.2) is 0 Å². The van der Waals surface area contributed by atoms with Crippen molar-refractivity contribution in [2.45, 2.75) is 19.6 Å². The summed E-state index contributed by atoms with van der Waals surface area (Å²) in [7, 11) is -1.25. The summed E-state index contributed by atoms with van der Waals surface area (Å²) in [5, 5.41) is 12.7. The standard InChI is InChI=1S/C11H17NO2Si/c1-15(2,3)10-6-4-9(5-7-10)12-8-11(13)14/h4-7,12H,8H2,1-3H3,(H,13,14). The molecule has 1 aromatic rings. The minimum atomic E-state index is -1.25. The predicted octanol–water partition coefficient (Wildman–Crippen LogP) is 1.73. The fourth-order valence-electron chi connectivity index (χ4n) is 1.27. The number of anilines is 1. The number of nitrogens with one attached hydrogen (secondary N) is 1. The number of rotatable bonds is 4. The Labute approximate surface area is 91.1 Å². The zero-order valence-electron chi connectivity index (χ0n) is 9.37. The van der Waals surface area contributed by atoms with Gasteiger partial charge in [-0.1, -0.05) is 37.0 Å². The molecule has 3 nitrogen and oxygen atoms in total. The highest BCUT2D eigenvalue weighted by molar-refractivity contribution is 6.88. The highest BCUT2D eigenvalue weighted by Gasteiger charge is 2.15. The van der Waals surface area contributed by atoms with Gasteiger partial charge in [0.05, 0.1) is 8.07 Å².